The summed E-state index contributed by atoms with van der Waals surface area (Å²) in [5, 5.41) is 0. The summed E-state index contributed by atoms with van der Waals surface area (Å²) >= 11 is 0. The largest absolute Gasteiger partial charge is 0.345 e. The molecule has 118 valence electrons. The van der Waals surface area contributed by atoms with Crippen molar-refractivity contribution in [1.82, 2.24) is 18.6 Å². The Morgan fingerprint density at radius 3 is 2.76 bits per heavy atom. The van der Waals surface area contributed by atoms with Crippen LogP contribution in [0.2, 0.25) is 0 Å². The molecule has 1 aliphatic heterocycles. The number of aromatic amines is 1. The summed E-state index contributed by atoms with van der Waals surface area (Å²) in [6.07, 6.45) is 3.12. The quantitative estimate of drug-likeness (QED) is 0.859. The molecule has 8 heteroatoms. The molecule has 0 amide bonds. The van der Waals surface area contributed by atoms with Crippen molar-refractivity contribution in [2.24, 2.45) is 0 Å². The molecule has 2 rings (SSSR count). The Kier molecular flexibility index (Phi) is 5.13. The zero-order chi connectivity index (χ0) is 15.5. The van der Waals surface area contributed by atoms with E-state index in [0.717, 1.165) is 18.5 Å². The van der Waals surface area contributed by atoms with Crippen molar-refractivity contribution in [3.05, 3.63) is 28.4 Å². The fourth-order valence-corrected chi connectivity index (χ4v) is 4.45. The Morgan fingerprint density at radius 2 is 2.14 bits per heavy atom. The van der Waals surface area contributed by atoms with Crippen LogP contribution in [0, 0.1) is 0 Å². The van der Waals surface area contributed by atoms with E-state index >= 15 is 0 Å². The Balaban J connectivity index is 2.19. The Morgan fingerprint density at radius 1 is 1.43 bits per heavy atom. The van der Waals surface area contributed by atoms with Crippen LogP contribution in [0.4, 0.5) is 0 Å². The van der Waals surface area contributed by atoms with Crippen LogP contribution in [0.25, 0.3) is 0 Å². The maximum Gasteiger partial charge on any atom is 0.345 e. The molecule has 1 aromatic rings. The first kappa shape index (κ1) is 16.1. The topological polar surface area (TPSA) is 86.4 Å². The SMILES string of the molecule is CCN(CC)S(=O)(=O)N1CCCC(c2ccnc(=O)[nH]2)C1. The van der Waals surface area contributed by atoms with Crippen molar-refractivity contribution in [3.8, 4) is 0 Å². The van der Waals surface area contributed by atoms with Crippen LogP contribution >= 0.6 is 0 Å². The van der Waals surface area contributed by atoms with E-state index in [0.29, 0.717) is 26.2 Å². The summed E-state index contributed by atoms with van der Waals surface area (Å²) < 4.78 is 28.1. The summed E-state index contributed by atoms with van der Waals surface area (Å²) in [5.41, 5.74) is 0.366. The van der Waals surface area contributed by atoms with Crippen LogP contribution in [0.3, 0.4) is 0 Å². The van der Waals surface area contributed by atoms with Gasteiger partial charge in [0.1, 0.15) is 0 Å². The number of rotatable bonds is 5. The predicted octanol–water partition coefficient (Wildman–Crippen LogP) is 0.536. The standard InChI is InChI=1S/C13H22N4O3S/c1-3-16(4-2)21(19,20)17-9-5-6-11(10-17)12-7-8-14-13(18)15-12/h7-8,11H,3-6,9-10H2,1-2H3,(H,14,15,18). The van der Waals surface area contributed by atoms with Gasteiger partial charge in [0.05, 0.1) is 0 Å². The second kappa shape index (κ2) is 6.67. The Bertz CT molecular complexity index is 624. The van der Waals surface area contributed by atoms with Crippen LogP contribution in [0.1, 0.15) is 38.3 Å². The van der Waals surface area contributed by atoms with E-state index in [9.17, 15) is 13.2 Å². The zero-order valence-electron chi connectivity index (χ0n) is 12.4. The molecule has 1 fully saturated rings. The molecule has 1 aliphatic rings. The smallest absolute Gasteiger partial charge is 0.309 e. The van der Waals surface area contributed by atoms with Crippen molar-refractivity contribution >= 4 is 10.2 Å². The molecule has 0 saturated carbocycles. The number of aromatic nitrogens is 2. The van der Waals surface area contributed by atoms with Gasteiger partial charge in [-0.2, -0.15) is 17.0 Å². The van der Waals surface area contributed by atoms with Gasteiger partial charge in [-0.05, 0) is 18.9 Å². The first-order chi connectivity index (χ1) is 9.98. The third kappa shape index (κ3) is 3.50. The van der Waals surface area contributed by atoms with Gasteiger partial charge in [-0.25, -0.2) is 9.78 Å². The third-order valence-electron chi connectivity index (χ3n) is 3.88. The lowest BCUT2D eigenvalue weighted by molar-refractivity contribution is 0.285. The summed E-state index contributed by atoms with van der Waals surface area (Å²) in [5.74, 6) is 0.0137. The molecular formula is C13H22N4O3S. The Labute approximate surface area is 125 Å². The molecule has 1 atom stereocenters. The molecule has 1 aromatic heterocycles. The molecule has 1 unspecified atom stereocenters. The predicted molar refractivity (Wildman–Crippen MR) is 80.2 cm³/mol. The number of hydrogen-bond acceptors (Lipinski definition) is 4. The first-order valence-corrected chi connectivity index (χ1v) is 8.69. The van der Waals surface area contributed by atoms with Gasteiger partial charge in [0.15, 0.2) is 0 Å². The zero-order valence-corrected chi connectivity index (χ0v) is 13.3. The molecule has 21 heavy (non-hydrogen) atoms. The highest BCUT2D eigenvalue weighted by Crippen LogP contribution is 2.27. The van der Waals surface area contributed by atoms with Crippen molar-refractivity contribution in [2.45, 2.75) is 32.6 Å². The van der Waals surface area contributed by atoms with Crippen LogP contribution in [-0.2, 0) is 10.2 Å². The van der Waals surface area contributed by atoms with E-state index in [4.69, 9.17) is 0 Å². The molecular weight excluding hydrogens is 292 g/mol. The minimum Gasteiger partial charge on any atom is -0.309 e. The van der Waals surface area contributed by atoms with Gasteiger partial charge in [-0.15, -0.1) is 0 Å². The second-order valence-corrected chi connectivity index (χ2v) is 7.05. The van der Waals surface area contributed by atoms with Gasteiger partial charge in [-0.3, -0.25) is 0 Å². The molecule has 1 N–H and O–H groups in total. The summed E-state index contributed by atoms with van der Waals surface area (Å²) in [7, 11) is -3.42. The van der Waals surface area contributed by atoms with Gasteiger partial charge in [0, 0.05) is 44.0 Å². The fourth-order valence-electron chi connectivity index (χ4n) is 2.74. The molecule has 0 radical (unpaired) electrons. The highest BCUT2D eigenvalue weighted by molar-refractivity contribution is 7.86. The van der Waals surface area contributed by atoms with E-state index in [1.165, 1.54) is 14.8 Å². The van der Waals surface area contributed by atoms with Crippen LogP contribution in [0.15, 0.2) is 17.1 Å². The molecule has 0 bridgehead atoms. The normalized spacial score (nSPS) is 20.8. The molecule has 2 heterocycles. The monoisotopic (exact) mass is 314 g/mol. The average Bonchev–Trinajstić information content (AvgIpc) is 2.48. The molecule has 0 aliphatic carbocycles. The van der Waals surface area contributed by atoms with Crippen LogP contribution in [0.5, 0.6) is 0 Å². The summed E-state index contributed by atoms with van der Waals surface area (Å²) in [4.78, 5) is 17.6. The van der Waals surface area contributed by atoms with Gasteiger partial charge in [0.25, 0.3) is 10.2 Å². The lowest BCUT2D eigenvalue weighted by Gasteiger charge is -2.34. The minimum absolute atomic E-state index is 0.0137. The molecule has 1 saturated heterocycles. The number of hydrogen-bond donors (Lipinski definition) is 1. The molecule has 0 spiro atoms. The van der Waals surface area contributed by atoms with Gasteiger partial charge >= 0.3 is 5.69 Å². The van der Waals surface area contributed by atoms with Gasteiger partial charge in [0.2, 0.25) is 0 Å². The maximum absolute atomic E-state index is 12.6. The highest BCUT2D eigenvalue weighted by atomic mass is 32.2. The van der Waals surface area contributed by atoms with Crippen molar-refractivity contribution in [3.63, 3.8) is 0 Å². The summed E-state index contributed by atoms with van der Waals surface area (Å²) in [6, 6.07) is 1.75. The molecule has 7 nitrogen and oxygen atoms in total. The highest BCUT2D eigenvalue weighted by Gasteiger charge is 2.33. The number of nitrogens with one attached hydrogen (secondary N) is 1. The fraction of sp³-hybridized carbons (Fsp3) is 0.692. The van der Waals surface area contributed by atoms with Crippen LogP contribution in [-0.4, -0.2) is 53.2 Å². The molecule has 0 aromatic carbocycles. The number of piperidine rings is 1. The van der Waals surface area contributed by atoms with Crippen LogP contribution < -0.4 is 5.69 Å². The first-order valence-electron chi connectivity index (χ1n) is 7.29. The van der Waals surface area contributed by atoms with Crippen molar-refractivity contribution < 1.29 is 8.42 Å². The van der Waals surface area contributed by atoms with E-state index in [-0.39, 0.29) is 5.92 Å². The van der Waals surface area contributed by atoms with E-state index < -0.39 is 15.9 Å². The lowest BCUT2D eigenvalue weighted by Crippen LogP contribution is -2.47. The third-order valence-corrected chi connectivity index (χ3v) is 6.03. The lowest BCUT2D eigenvalue weighted by atomic mass is 9.96. The van der Waals surface area contributed by atoms with E-state index in [1.54, 1.807) is 6.07 Å². The Hall–Kier alpha value is -1.25. The number of H-pyrrole nitrogens is 1. The average molecular weight is 314 g/mol. The van der Waals surface area contributed by atoms with Gasteiger partial charge in [-0.1, -0.05) is 13.8 Å². The number of nitrogens with zero attached hydrogens (tertiary/aromatic N) is 3. The maximum atomic E-state index is 12.6. The van der Waals surface area contributed by atoms with E-state index in [1.807, 2.05) is 13.8 Å². The van der Waals surface area contributed by atoms with Crippen molar-refractivity contribution in [2.75, 3.05) is 26.2 Å². The van der Waals surface area contributed by atoms with E-state index in [2.05, 4.69) is 9.97 Å². The minimum atomic E-state index is -3.42. The second-order valence-electron chi connectivity index (χ2n) is 5.12. The summed E-state index contributed by atoms with van der Waals surface area (Å²) in [6.45, 7) is 5.53. The van der Waals surface area contributed by atoms with Gasteiger partial charge < -0.3 is 4.98 Å². The van der Waals surface area contributed by atoms with Crippen molar-refractivity contribution in [1.29, 1.82) is 0 Å².